The molecule has 0 fully saturated rings. The highest BCUT2D eigenvalue weighted by atomic mass is 16.5. The Bertz CT molecular complexity index is 269. The third-order valence-electron chi connectivity index (χ3n) is 2.16. The van der Waals surface area contributed by atoms with Crippen molar-refractivity contribution in [2.24, 2.45) is 5.73 Å². The Balaban J connectivity index is 2.63. The van der Waals surface area contributed by atoms with E-state index in [0.717, 1.165) is 17.9 Å². The molecule has 0 saturated carbocycles. The van der Waals surface area contributed by atoms with Gasteiger partial charge in [-0.1, -0.05) is 6.92 Å². The monoisotopic (exact) mass is 194 g/mol. The van der Waals surface area contributed by atoms with Crippen LogP contribution in [0.15, 0.2) is 24.3 Å². The van der Waals surface area contributed by atoms with Gasteiger partial charge in [-0.05, 0) is 37.6 Å². The number of ether oxygens (including phenoxy) is 1. The number of nitrogen functional groups attached to an aromatic ring is 1. The molecule has 0 spiro atoms. The maximum absolute atomic E-state index is 5.78. The minimum absolute atomic E-state index is 0.0394. The van der Waals surface area contributed by atoms with Gasteiger partial charge in [0.15, 0.2) is 0 Å². The highest BCUT2D eigenvalue weighted by Crippen LogP contribution is 2.16. The van der Waals surface area contributed by atoms with Crippen molar-refractivity contribution in [2.45, 2.75) is 32.4 Å². The zero-order valence-corrected chi connectivity index (χ0v) is 8.73. The van der Waals surface area contributed by atoms with E-state index >= 15 is 0 Å². The molecule has 14 heavy (non-hydrogen) atoms. The van der Waals surface area contributed by atoms with E-state index in [1.165, 1.54) is 0 Å². The van der Waals surface area contributed by atoms with Crippen LogP contribution in [0.4, 0.5) is 5.69 Å². The standard InChI is InChI=1S/C11H18N2O/c1-3-11(8(2)12)14-10-6-4-9(13)5-7-10/h4-8,11H,3,12-13H2,1-2H3/t8?,11-/m0/s1. The summed E-state index contributed by atoms with van der Waals surface area (Å²) in [6.07, 6.45) is 0.973. The third-order valence-corrected chi connectivity index (χ3v) is 2.16. The fourth-order valence-electron chi connectivity index (χ4n) is 1.28. The first-order valence-electron chi connectivity index (χ1n) is 4.91. The summed E-state index contributed by atoms with van der Waals surface area (Å²) >= 11 is 0. The second-order valence-electron chi connectivity index (χ2n) is 3.49. The van der Waals surface area contributed by atoms with Gasteiger partial charge in [-0.15, -0.1) is 0 Å². The van der Waals surface area contributed by atoms with Gasteiger partial charge in [-0.3, -0.25) is 0 Å². The van der Waals surface area contributed by atoms with Crippen LogP contribution in [-0.2, 0) is 0 Å². The van der Waals surface area contributed by atoms with E-state index in [1.54, 1.807) is 0 Å². The molecule has 1 rings (SSSR count). The summed E-state index contributed by atoms with van der Waals surface area (Å²) < 4.78 is 5.70. The fraction of sp³-hybridized carbons (Fsp3) is 0.455. The van der Waals surface area contributed by atoms with E-state index in [2.05, 4.69) is 6.92 Å². The van der Waals surface area contributed by atoms with E-state index in [9.17, 15) is 0 Å². The number of nitrogens with two attached hydrogens (primary N) is 2. The lowest BCUT2D eigenvalue weighted by atomic mass is 10.1. The Morgan fingerprint density at radius 3 is 2.29 bits per heavy atom. The van der Waals surface area contributed by atoms with Gasteiger partial charge < -0.3 is 16.2 Å². The summed E-state index contributed by atoms with van der Waals surface area (Å²) in [7, 11) is 0. The van der Waals surface area contributed by atoms with Gasteiger partial charge in [0, 0.05) is 11.7 Å². The average molecular weight is 194 g/mol. The van der Waals surface area contributed by atoms with Crippen LogP contribution in [0.2, 0.25) is 0 Å². The van der Waals surface area contributed by atoms with E-state index in [0.29, 0.717) is 0 Å². The third kappa shape index (κ3) is 2.92. The van der Waals surface area contributed by atoms with Crippen molar-refractivity contribution in [2.75, 3.05) is 5.73 Å². The molecule has 0 heterocycles. The zero-order chi connectivity index (χ0) is 10.6. The number of anilines is 1. The summed E-state index contributed by atoms with van der Waals surface area (Å²) in [6, 6.07) is 7.41. The minimum atomic E-state index is 0.0394. The molecule has 0 radical (unpaired) electrons. The molecule has 4 N–H and O–H groups in total. The minimum Gasteiger partial charge on any atom is -0.489 e. The number of hydrogen-bond acceptors (Lipinski definition) is 3. The molecule has 0 aliphatic heterocycles. The lowest BCUT2D eigenvalue weighted by molar-refractivity contribution is 0.173. The zero-order valence-electron chi connectivity index (χ0n) is 8.73. The van der Waals surface area contributed by atoms with Gasteiger partial charge in [0.2, 0.25) is 0 Å². The molecule has 0 aliphatic carbocycles. The molecule has 1 aromatic carbocycles. The summed E-state index contributed by atoms with van der Waals surface area (Å²) in [4.78, 5) is 0. The van der Waals surface area contributed by atoms with Crippen LogP contribution in [-0.4, -0.2) is 12.1 Å². The van der Waals surface area contributed by atoms with Crippen molar-refractivity contribution < 1.29 is 4.74 Å². The van der Waals surface area contributed by atoms with Gasteiger partial charge in [-0.25, -0.2) is 0 Å². The largest absolute Gasteiger partial charge is 0.489 e. The lowest BCUT2D eigenvalue weighted by Crippen LogP contribution is -2.35. The van der Waals surface area contributed by atoms with Crippen molar-refractivity contribution in [3.63, 3.8) is 0 Å². The molecular weight excluding hydrogens is 176 g/mol. The van der Waals surface area contributed by atoms with Crippen LogP contribution < -0.4 is 16.2 Å². The summed E-state index contributed by atoms with van der Waals surface area (Å²) in [5.74, 6) is 0.823. The number of rotatable bonds is 4. The predicted octanol–water partition coefficient (Wildman–Crippen LogP) is 1.77. The summed E-state index contributed by atoms with van der Waals surface area (Å²) in [6.45, 7) is 4.01. The van der Waals surface area contributed by atoms with Crippen LogP contribution in [0.25, 0.3) is 0 Å². The van der Waals surface area contributed by atoms with Crippen molar-refractivity contribution >= 4 is 5.69 Å². The summed E-state index contributed by atoms with van der Waals surface area (Å²) in [5, 5.41) is 0. The molecule has 3 nitrogen and oxygen atoms in total. The Hall–Kier alpha value is -1.22. The topological polar surface area (TPSA) is 61.3 Å². The molecule has 0 amide bonds. The molecule has 78 valence electrons. The molecule has 0 bridgehead atoms. The smallest absolute Gasteiger partial charge is 0.119 e. The Kier molecular flexibility index (Phi) is 3.77. The molecule has 2 atom stereocenters. The van der Waals surface area contributed by atoms with E-state index in [4.69, 9.17) is 16.2 Å². The van der Waals surface area contributed by atoms with E-state index in [1.807, 2.05) is 31.2 Å². The quantitative estimate of drug-likeness (QED) is 0.718. The van der Waals surface area contributed by atoms with Crippen molar-refractivity contribution in [3.05, 3.63) is 24.3 Å². The molecule has 1 aromatic rings. The predicted molar refractivity (Wildman–Crippen MR) is 59.2 cm³/mol. The van der Waals surface area contributed by atoms with Crippen molar-refractivity contribution in [1.82, 2.24) is 0 Å². The Morgan fingerprint density at radius 2 is 1.86 bits per heavy atom. The maximum atomic E-state index is 5.78. The van der Waals surface area contributed by atoms with Gasteiger partial charge in [0.1, 0.15) is 11.9 Å². The first-order valence-corrected chi connectivity index (χ1v) is 4.91. The highest BCUT2D eigenvalue weighted by Gasteiger charge is 2.12. The van der Waals surface area contributed by atoms with Crippen LogP contribution in [0.5, 0.6) is 5.75 Å². The number of hydrogen-bond donors (Lipinski definition) is 2. The van der Waals surface area contributed by atoms with E-state index < -0.39 is 0 Å². The lowest BCUT2D eigenvalue weighted by Gasteiger charge is -2.20. The maximum Gasteiger partial charge on any atom is 0.119 e. The van der Waals surface area contributed by atoms with Gasteiger partial charge in [0.05, 0.1) is 0 Å². The SMILES string of the molecule is CC[C@H](Oc1ccc(N)cc1)C(C)N. The van der Waals surface area contributed by atoms with Gasteiger partial charge in [-0.2, -0.15) is 0 Å². The van der Waals surface area contributed by atoms with E-state index in [-0.39, 0.29) is 12.1 Å². The molecule has 0 aliphatic rings. The first kappa shape index (κ1) is 10.9. The second-order valence-corrected chi connectivity index (χ2v) is 3.49. The molecule has 1 unspecified atom stereocenters. The Labute approximate surface area is 85.0 Å². The molecule has 0 saturated heterocycles. The van der Waals surface area contributed by atoms with Crippen LogP contribution in [0.3, 0.4) is 0 Å². The number of benzene rings is 1. The van der Waals surface area contributed by atoms with Crippen LogP contribution >= 0.6 is 0 Å². The van der Waals surface area contributed by atoms with Gasteiger partial charge >= 0.3 is 0 Å². The van der Waals surface area contributed by atoms with Crippen molar-refractivity contribution in [3.8, 4) is 5.75 Å². The average Bonchev–Trinajstić information content (AvgIpc) is 2.16. The highest BCUT2D eigenvalue weighted by molar-refractivity contribution is 5.41. The molecule has 3 heteroatoms. The Morgan fingerprint density at radius 1 is 1.29 bits per heavy atom. The van der Waals surface area contributed by atoms with Crippen molar-refractivity contribution in [1.29, 1.82) is 0 Å². The normalized spacial score (nSPS) is 14.8. The molecule has 0 aromatic heterocycles. The fourth-order valence-corrected chi connectivity index (χ4v) is 1.28. The second kappa shape index (κ2) is 4.86. The van der Waals surface area contributed by atoms with Crippen LogP contribution in [0.1, 0.15) is 20.3 Å². The van der Waals surface area contributed by atoms with Gasteiger partial charge in [0.25, 0.3) is 0 Å². The van der Waals surface area contributed by atoms with Crippen LogP contribution in [0, 0.1) is 0 Å². The first-order chi connectivity index (χ1) is 6.63. The summed E-state index contributed by atoms with van der Waals surface area (Å²) in [5.41, 5.74) is 12.1. The molecular formula is C11H18N2O.